The van der Waals surface area contributed by atoms with Crippen molar-refractivity contribution in [2.75, 3.05) is 23.7 Å². The molecule has 1 aromatic heterocycles. The van der Waals surface area contributed by atoms with Crippen molar-refractivity contribution in [2.24, 2.45) is 0 Å². The van der Waals surface area contributed by atoms with E-state index in [1.54, 1.807) is 36.4 Å². The number of amides is 2. The molecule has 0 unspecified atom stereocenters. The van der Waals surface area contributed by atoms with Gasteiger partial charge < -0.3 is 4.90 Å². The monoisotopic (exact) mass is 450 g/mol. The van der Waals surface area contributed by atoms with Crippen LogP contribution in [0, 0.1) is 6.92 Å². The Hall–Kier alpha value is -3.72. The van der Waals surface area contributed by atoms with Crippen LogP contribution in [0.3, 0.4) is 0 Å². The van der Waals surface area contributed by atoms with Crippen LogP contribution in [-0.2, 0) is 16.6 Å². The summed E-state index contributed by atoms with van der Waals surface area (Å²) in [6.45, 7) is 1.99. The van der Waals surface area contributed by atoms with Gasteiger partial charge in [-0.2, -0.15) is 0 Å². The first-order chi connectivity index (χ1) is 15.2. The summed E-state index contributed by atoms with van der Waals surface area (Å²) in [5.41, 5.74) is 3.44. The highest BCUT2D eigenvalue weighted by molar-refractivity contribution is 7.92. The van der Waals surface area contributed by atoms with Gasteiger partial charge in [0.2, 0.25) is 0 Å². The number of imide groups is 1. The summed E-state index contributed by atoms with van der Waals surface area (Å²) in [6.07, 6.45) is 1.47. The molecule has 0 saturated heterocycles. The maximum absolute atomic E-state index is 12.8. The number of hydrogen-bond donors (Lipinski definition) is 1. The predicted molar refractivity (Wildman–Crippen MR) is 121 cm³/mol. The number of carbonyl (C=O) groups excluding carboxylic acids is 2. The van der Waals surface area contributed by atoms with E-state index in [1.807, 2.05) is 32.0 Å². The van der Waals surface area contributed by atoms with Crippen LogP contribution in [0.4, 0.5) is 11.4 Å². The molecule has 0 bridgehead atoms. The molecular formula is C23H22N4O4S. The van der Waals surface area contributed by atoms with Crippen LogP contribution in [0.1, 0.15) is 32.0 Å². The normalized spacial score (nSPS) is 13.3. The lowest BCUT2D eigenvalue weighted by molar-refractivity contribution is 0.0640. The second-order valence-electron chi connectivity index (χ2n) is 7.74. The zero-order valence-corrected chi connectivity index (χ0v) is 18.7. The molecule has 0 saturated carbocycles. The fraction of sp³-hybridized carbons (Fsp3) is 0.174. The van der Waals surface area contributed by atoms with Crippen LogP contribution in [0.15, 0.2) is 65.7 Å². The third-order valence-corrected chi connectivity index (χ3v) is 6.65. The van der Waals surface area contributed by atoms with Gasteiger partial charge in [-0.1, -0.05) is 18.2 Å². The van der Waals surface area contributed by atoms with Crippen LogP contribution in [0.5, 0.6) is 0 Å². The second-order valence-corrected chi connectivity index (χ2v) is 9.42. The van der Waals surface area contributed by atoms with Crippen molar-refractivity contribution in [2.45, 2.75) is 18.4 Å². The molecule has 1 N–H and O–H groups in total. The van der Waals surface area contributed by atoms with Gasteiger partial charge in [-0.05, 0) is 54.4 Å². The molecule has 1 aliphatic rings. The molecule has 2 aromatic carbocycles. The number of benzene rings is 2. The highest BCUT2D eigenvalue weighted by atomic mass is 32.2. The Labute approximate surface area is 186 Å². The highest BCUT2D eigenvalue weighted by Crippen LogP contribution is 2.26. The van der Waals surface area contributed by atoms with Gasteiger partial charge in [0.25, 0.3) is 21.8 Å². The molecule has 2 heterocycles. The summed E-state index contributed by atoms with van der Waals surface area (Å²) in [6, 6.07) is 14.6. The van der Waals surface area contributed by atoms with Crippen molar-refractivity contribution in [3.8, 4) is 0 Å². The number of nitrogens with one attached hydrogen (secondary N) is 1. The molecule has 4 rings (SSSR count). The SMILES string of the molecule is Cc1ccc(NS(=O)(=O)c2ccc(CN3C(=O)c4cccnc4C3=O)cc2)cc1N(C)C. The van der Waals surface area contributed by atoms with Gasteiger partial charge in [-0.25, -0.2) is 8.42 Å². The lowest BCUT2D eigenvalue weighted by Crippen LogP contribution is -2.29. The Bertz CT molecular complexity index is 1280. The quantitative estimate of drug-likeness (QED) is 0.580. The zero-order valence-electron chi connectivity index (χ0n) is 17.9. The van der Waals surface area contributed by atoms with Crippen LogP contribution < -0.4 is 9.62 Å². The number of carbonyl (C=O) groups is 2. The first-order valence-corrected chi connectivity index (χ1v) is 11.4. The molecular weight excluding hydrogens is 428 g/mol. The molecule has 164 valence electrons. The van der Waals surface area contributed by atoms with Gasteiger partial charge in [0.05, 0.1) is 22.7 Å². The Morgan fingerprint density at radius 1 is 1.00 bits per heavy atom. The minimum atomic E-state index is -3.80. The van der Waals surface area contributed by atoms with Gasteiger partial charge >= 0.3 is 0 Å². The fourth-order valence-electron chi connectivity index (χ4n) is 3.58. The summed E-state index contributed by atoms with van der Waals surface area (Å²) in [5, 5.41) is 0. The van der Waals surface area contributed by atoms with E-state index in [9.17, 15) is 18.0 Å². The van der Waals surface area contributed by atoms with Crippen molar-refractivity contribution < 1.29 is 18.0 Å². The Balaban J connectivity index is 1.51. The standard InChI is InChI=1S/C23H22N4O4S/c1-15-6-9-17(13-20(15)26(2)3)25-32(30,31)18-10-7-16(8-11-18)14-27-22(28)19-5-4-12-24-21(19)23(27)29/h4-13,25H,14H2,1-3H3. The summed E-state index contributed by atoms with van der Waals surface area (Å²) < 4.78 is 28.2. The zero-order chi connectivity index (χ0) is 23.0. The van der Waals surface area contributed by atoms with Crippen molar-refractivity contribution >= 4 is 33.2 Å². The van der Waals surface area contributed by atoms with Crippen molar-refractivity contribution in [1.29, 1.82) is 0 Å². The lowest BCUT2D eigenvalue weighted by Gasteiger charge is -2.17. The maximum Gasteiger partial charge on any atom is 0.280 e. The van der Waals surface area contributed by atoms with E-state index < -0.39 is 21.8 Å². The van der Waals surface area contributed by atoms with Gasteiger partial charge in [-0.3, -0.25) is 24.2 Å². The van der Waals surface area contributed by atoms with Crippen LogP contribution in [0.25, 0.3) is 0 Å². The Kier molecular flexibility index (Phi) is 5.43. The Morgan fingerprint density at radius 3 is 2.38 bits per heavy atom. The molecule has 3 aromatic rings. The minimum absolute atomic E-state index is 0.0337. The third kappa shape index (κ3) is 3.94. The number of nitrogens with zero attached hydrogens (tertiary/aromatic N) is 3. The maximum atomic E-state index is 12.8. The molecule has 32 heavy (non-hydrogen) atoms. The molecule has 9 heteroatoms. The number of anilines is 2. The molecule has 2 amide bonds. The number of hydrogen-bond acceptors (Lipinski definition) is 6. The molecule has 1 aliphatic heterocycles. The first kappa shape index (κ1) is 21.5. The summed E-state index contributed by atoms with van der Waals surface area (Å²) in [7, 11) is -0.0186. The minimum Gasteiger partial charge on any atom is -0.377 e. The molecule has 0 aliphatic carbocycles. The smallest absolute Gasteiger partial charge is 0.280 e. The van der Waals surface area contributed by atoms with Crippen molar-refractivity contribution in [3.63, 3.8) is 0 Å². The number of sulfonamides is 1. The average Bonchev–Trinajstić information content (AvgIpc) is 3.00. The number of rotatable bonds is 6. The lowest BCUT2D eigenvalue weighted by atomic mass is 10.2. The first-order valence-electron chi connectivity index (χ1n) is 9.88. The fourth-order valence-corrected chi connectivity index (χ4v) is 4.63. The molecule has 0 spiro atoms. The molecule has 8 nitrogen and oxygen atoms in total. The van der Waals surface area contributed by atoms with Gasteiger partial charge in [0, 0.05) is 26.0 Å². The topological polar surface area (TPSA) is 99.7 Å². The molecule has 0 atom stereocenters. The van der Waals surface area contributed by atoms with Crippen LogP contribution >= 0.6 is 0 Å². The second kappa shape index (κ2) is 8.08. The summed E-state index contributed by atoms with van der Waals surface area (Å²) in [5.74, 6) is -0.868. The average molecular weight is 451 g/mol. The van der Waals surface area contributed by atoms with Crippen molar-refractivity contribution in [1.82, 2.24) is 9.88 Å². The molecule has 0 radical (unpaired) electrons. The number of fused-ring (bicyclic) bond motifs is 1. The number of pyridine rings is 1. The van der Waals surface area contributed by atoms with Crippen LogP contribution in [-0.4, -0.2) is 44.2 Å². The van der Waals surface area contributed by atoms with Gasteiger partial charge in [0.1, 0.15) is 5.69 Å². The number of aromatic nitrogens is 1. The molecule has 0 fully saturated rings. The van der Waals surface area contributed by atoms with E-state index >= 15 is 0 Å². The predicted octanol–water partition coefficient (Wildman–Crippen LogP) is 3.05. The van der Waals surface area contributed by atoms with E-state index in [-0.39, 0.29) is 22.7 Å². The van der Waals surface area contributed by atoms with Gasteiger partial charge in [0.15, 0.2) is 0 Å². The largest absolute Gasteiger partial charge is 0.377 e. The van der Waals surface area contributed by atoms with Gasteiger partial charge in [-0.15, -0.1) is 0 Å². The third-order valence-electron chi connectivity index (χ3n) is 5.25. The van der Waals surface area contributed by atoms with E-state index in [1.165, 1.54) is 18.3 Å². The van der Waals surface area contributed by atoms with E-state index in [0.717, 1.165) is 16.2 Å². The van der Waals surface area contributed by atoms with Crippen molar-refractivity contribution in [3.05, 3.63) is 83.2 Å². The van der Waals surface area contributed by atoms with E-state index in [0.29, 0.717) is 11.3 Å². The van der Waals surface area contributed by atoms with Crippen LogP contribution in [0.2, 0.25) is 0 Å². The van der Waals surface area contributed by atoms with E-state index in [2.05, 4.69) is 9.71 Å². The van der Waals surface area contributed by atoms with E-state index in [4.69, 9.17) is 0 Å². The Morgan fingerprint density at radius 2 is 1.72 bits per heavy atom. The summed E-state index contributed by atoms with van der Waals surface area (Å²) >= 11 is 0. The number of aryl methyl sites for hydroxylation is 1. The summed E-state index contributed by atoms with van der Waals surface area (Å²) in [4.78, 5) is 32.1. The highest BCUT2D eigenvalue weighted by Gasteiger charge is 2.36.